The minimum atomic E-state index is -2.69. The highest BCUT2D eigenvalue weighted by atomic mass is 19.3. The van der Waals surface area contributed by atoms with Gasteiger partial charge in [0.1, 0.15) is 6.61 Å². The largest absolute Gasteiger partial charge is 0.396 e. The van der Waals surface area contributed by atoms with Gasteiger partial charge in [-0.05, 0) is 32.8 Å². The van der Waals surface area contributed by atoms with Crippen molar-refractivity contribution < 1.29 is 13.6 Å². The second-order valence-corrected chi connectivity index (χ2v) is 3.92. The summed E-state index contributed by atoms with van der Waals surface area (Å²) in [5.74, 6) is -3.44. The van der Waals surface area contributed by atoms with Crippen LogP contribution in [0, 0.1) is 5.92 Å². The molecule has 0 amide bonds. The third-order valence-electron chi connectivity index (χ3n) is 2.47. The third kappa shape index (κ3) is 3.43. The van der Waals surface area contributed by atoms with Crippen molar-refractivity contribution in [2.24, 2.45) is 11.1 Å². The Morgan fingerprint density at radius 3 is 2.88 bits per heavy atom. The van der Waals surface area contributed by atoms with Gasteiger partial charge in [0.05, 0.1) is 5.71 Å². The molecule has 0 spiro atoms. The Bertz CT molecular complexity index is 326. The lowest BCUT2D eigenvalue weighted by Gasteiger charge is -2.22. The lowest BCUT2D eigenvalue weighted by atomic mass is 9.90. The predicted molar refractivity (Wildman–Crippen MR) is 60.7 cm³/mol. The highest BCUT2D eigenvalue weighted by Crippen LogP contribution is 2.32. The Morgan fingerprint density at radius 2 is 2.31 bits per heavy atom. The Labute approximate surface area is 94.7 Å². The van der Waals surface area contributed by atoms with E-state index in [2.05, 4.69) is 5.16 Å². The number of halogens is 2. The number of allylic oxidation sites excluding steroid dienone is 4. The van der Waals surface area contributed by atoms with Gasteiger partial charge in [-0.3, -0.25) is 0 Å². The number of alkyl halides is 2. The van der Waals surface area contributed by atoms with Crippen LogP contribution in [0.4, 0.5) is 8.78 Å². The van der Waals surface area contributed by atoms with E-state index in [0.29, 0.717) is 24.3 Å². The Balaban J connectivity index is 2.81. The van der Waals surface area contributed by atoms with Crippen molar-refractivity contribution in [1.82, 2.24) is 0 Å². The lowest BCUT2D eigenvalue weighted by molar-refractivity contribution is -0.0202. The van der Waals surface area contributed by atoms with Crippen LogP contribution in [0.1, 0.15) is 27.2 Å². The lowest BCUT2D eigenvalue weighted by Crippen LogP contribution is -2.24. The maximum absolute atomic E-state index is 13.1. The van der Waals surface area contributed by atoms with Crippen LogP contribution in [-0.4, -0.2) is 18.2 Å². The van der Waals surface area contributed by atoms with E-state index in [0.717, 1.165) is 6.92 Å². The Hall–Kier alpha value is -1.19. The van der Waals surface area contributed by atoms with Crippen LogP contribution in [0.2, 0.25) is 0 Å². The van der Waals surface area contributed by atoms with Crippen molar-refractivity contribution >= 4 is 5.71 Å². The molecular formula is C12H17F2NO. The van der Waals surface area contributed by atoms with Crippen molar-refractivity contribution in [2.45, 2.75) is 33.1 Å². The summed E-state index contributed by atoms with van der Waals surface area (Å²) in [6.45, 7) is 4.99. The average molecular weight is 229 g/mol. The van der Waals surface area contributed by atoms with Gasteiger partial charge >= 0.3 is 0 Å². The molecule has 1 atom stereocenters. The number of rotatable bonds is 4. The first-order valence-corrected chi connectivity index (χ1v) is 5.38. The minimum Gasteiger partial charge on any atom is -0.396 e. The Morgan fingerprint density at radius 1 is 1.62 bits per heavy atom. The van der Waals surface area contributed by atoms with Crippen LogP contribution in [0.3, 0.4) is 0 Å². The van der Waals surface area contributed by atoms with E-state index in [-0.39, 0.29) is 0 Å². The summed E-state index contributed by atoms with van der Waals surface area (Å²) in [6, 6.07) is 0. The Kier molecular flexibility index (Phi) is 4.21. The zero-order valence-electron chi connectivity index (χ0n) is 9.84. The summed E-state index contributed by atoms with van der Waals surface area (Å²) in [4.78, 5) is 4.90. The molecule has 90 valence electrons. The molecule has 4 heteroatoms. The summed E-state index contributed by atoms with van der Waals surface area (Å²) < 4.78 is 26.3. The summed E-state index contributed by atoms with van der Waals surface area (Å²) >= 11 is 0. The van der Waals surface area contributed by atoms with E-state index in [4.69, 9.17) is 4.84 Å². The molecule has 0 aromatic heterocycles. The summed E-state index contributed by atoms with van der Waals surface area (Å²) in [6.07, 6.45) is 5.50. The maximum atomic E-state index is 13.1. The molecule has 1 unspecified atom stereocenters. The molecule has 0 fully saturated rings. The quantitative estimate of drug-likeness (QED) is 0.533. The second kappa shape index (κ2) is 5.23. The van der Waals surface area contributed by atoms with Crippen LogP contribution in [0.5, 0.6) is 0 Å². The summed E-state index contributed by atoms with van der Waals surface area (Å²) in [5, 5.41) is 3.84. The van der Waals surface area contributed by atoms with Crippen LogP contribution in [-0.2, 0) is 4.84 Å². The fourth-order valence-corrected chi connectivity index (χ4v) is 1.49. The standard InChI is InChI=1S/C12H17F2NO/c1-4-16-15-9(2)10-6-5-7-11(8-10)12(3,13)14/h5-6,8,11H,4,7H2,1-3H3/b15-9+. The summed E-state index contributed by atoms with van der Waals surface area (Å²) in [7, 11) is 0. The van der Waals surface area contributed by atoms with Gasteiger partial charge < -0.3 is 4.84 Å². The molecule has 0 N–H and O–H groups in total. The van der Waals surface area contributed by atoms with Crippen molar-refractivity contribution in [1.29, 1.82) is 0 Å². The van der Waals surface area contributed by atoms with Gasteiger partial charge in [0.25, 0.3) is 5.92 Å². The summed E-state index contributed by atoms with van der Waals surface area (Å²) in [5.41, 5.74) is 1.35. The molecule has 16 heavy (non-hydrogen) atoms. The highest BCUT2D eigenvalue weighted by molar-refractivity contribution is 6.00. The van der Waals surface area contributed by atoms with Gasteiger partial charge in [0, 0.05) is 5.92 Å². The molecule has 1 aliphatic rings. The molecule has 0 aromatic rings. The third-order valence-corrected chi connectivity index (χ3v) is 2.47. The molecule has 0 bridgehead atoms. The maximum Gasteiger partial charge on any atom is 0.251 e. The number of nitrogens with zero attached hydrogens (tertiary/aromatic N) is 1. The molecule has 0 aliphatic heterocycles. The van der Waals surface area contributed by atoms with Crippen molar-refractivity contribution in [3.05, 3.63) is 23.8 Å². The zero-order valence-corrected chi connectivity index (χ0v) is 9.84. The molecule has 1 rings (SSSR count). The van der Waals surface area contributed by atoms with E-state index in [1.54, 1.807) is 25.2 Å². The highest BCUT2D eigenvalue weighted by Gasteiger charge is 2.32. The van der Waals surface area contributed by atoms with Crippen molar-refractivity contribution in [3.63, 3.8) is 0 Å². The molecule has 0 aromatic carbocycles. The van der Waals surface area contributed by atoms with Crippen LogP contribution < -0.4 is 0 Å². The van der Waals surface area contributed by atoms with Crippen LogP contribution in [0.25, 0.3) is 0 Å². The minimum absolute atomic E-state index is 0.370. The molecule has 1 aliphatic carbocycles. The fourth-order valence-electron chi connectivity index (χ4n) is 1.49. The van der Waals surface area contributed by atoms with E-state index in [9.17, 15) is 8.78 Å². The first-order chi connectivity index (χ1) is 7.45. The van der Waals surface area contributed by atoms with Crippen LogP contribution >= 0.6 is 0 Å². The number of hydrogen-bond donors (Lipinski definition) is 0. The van der Waals surface area contributed by atoms with Gasteiger partial charge in [-0.25, -0.2) is 8.78 Å². The fraction of sp³-hybridized carbons (Fsp3) is 0.583. The van der Waals surface area contributed by atoms with Crippen molar-refractivity contribution in [3.8, 4) is 0 Å². The topological polar surface area (TPSA) is 21.6 Å². The molecule has 0 saturated carbocycles. The van der Waals surface area contributed by atoms with E-state index < -0.39 is 11.8 Å². The average Bonchev–Trinajstić information content (AvgIpc) is 2.25. The van der Waals surface area contributed by atoms with Gasteiger partial charge in [0.2, 0.25) is 0 Å². The smallest absolute Gasteiger partial charge is 0.251 e. The van der Waals surface area contributed by atoms with Gasteiger partial charge in [-0.15, -0.1) is 0 Å². The normalized spacial score (nSPS) is 21.9. The number of hydrogen-bond acceptors (Lipinski definition) is 2. The monoisotopic (exact) mass is 229 g/mol. The first-order valence-electron chi connectivity index (χ1n) is 5.38. The molecular weight excluding hydrogens is 212 g/mol. The van der Waals surface area contributed by atoms with Gasteiger partial charge in [0.15, 0.2) is 0 Å². The molecule has 0 radical (unpaired) electrons. The number of oxime groups is 1. The molecule has 2 nitrogen and oxygen atoms in total. The van der Waals surface area contributed by atoms with Crippen molar-refractivity contribution in [2.75, 3.05) is 6.61 Å². The van der Waals surface area contributed by atoms with E-state index >= 15 is 0 Å². The predicted octanol–water partition coefficient (Wildman–Crippen LogP) is 3.56. The van der Waals surface area contributed by atoms with Gasteiger partial charge in [-0.1, -0.05) is 23.4 Å². The molecule has 0 saturated heterocycles. The van der Waals surface area contributed by atoms with Gasteiger partial charge in [-0.2, -0.15) is 0 Å². The van der Waals surface area contributed by atoms with Crippen LogP contribution in [0.15, 0.2) is 29.0 Å². The second-order valence-electron chi connectivity index (χ2n) is 3.92. The molecule has 0 heterocycles. The van der Waals surface area contributed by atoms with E-state index in [1.807, 2.05) is 6.92 Å². The van der Waals surface area contributed by atoms with E-state index in [1.165, 1.54) is 0 Å². The first kappa shape index (κ1) is 12.9. The zero-order chi connectivity index (χ0) is 12.2. The SMILES string of the molecule is CCO/N=C(\C)C1=CC(C(C)(F)F)CC=C1.